The minimum Gasteiger partial charge on any atom is -0.431 e. The van der Waals surface area contributed by atoms with Crippen LogP contribution in [0.5, 0.6) is 10.9 Å². The number of likely N-dealkylation sites (N-methyl/N-ethyl adjacent to an activating group) is 1. The summed E-state index contributed by atoms with van der Waals surface area (Å²) >= 11 is 1.52. The molecule has 1 aromatic carbocycles. The fraction of sp³-hybridized carbons (Fsp3) is 0.480. The van der Waals surface area contributed by atoms with Crippen LogP contribution in [0.1, 0.15) is 43.7 Å². The molecular formula is C25H30N4O2S. The van der Waals surface area contributed by atoms with Gasteiger partial charge in [-0.3, -0.25) is 4.79 Å². The van der Waals surface area contributed by atoms with Gasteiger partial charge in [-0.25, -0.2) is 4.98 Å². The van der Waals surface area contributed by atoms with Gasteiger partial charge in [-0.05, 0) is 75.4 Å². The number of hydrogen-bond donors (Lipinski definition) is 0. The number of piperidine rings is 1. The van der Waals surface area contributed by atoms with E-state index in [1.807, 2.05) is 25.3 Å². The smallest absolute Gasteiger partial charge is 0.281 e. The minimum absolute atomic E-state index is 0.248. The molecule has 7 heteroatoms. The van der Waals surface area contributed by atoms with Crippen LogP contribution in [0.3, 0.4) is 0 Å². The lowest BCUT2D eigenvalue weighted by molar-refractivity contribution is -0.134. The van der Waals surface area contributed by atoms with Crippen LogP contribution >= 0.6 is 11.3 Å². The number of nitrogens with zero attached hydrogens (tertiary/aromatic N) is 4. The van der Waals surface area contributed by atoms with Gasteiger partial charge in [-0.1, -0.05) is 23.5 Å². The molecule has 1 amide bonds. The van der Waals surface area contributed by atoms with Gasteiger partial charge in [-0.2, -0.15) is 4.98 Å². The van der Waals surface area contributed by atoms with E-state index in [1.54, 1.807) is 6.92 Å². The average Bonchev–Trinajstić information content (AvgIpc) is 3.29. The molecule has 0 saturated carbocycles. The van der Waals surface area contributed by atoms with Crippen molar-refractivity contribution in [2.24, 2.45) is 0 Å². The summed E-state index contributed by atoms with van der Waals surface area (Å²) < 4.78 is 7.01. The number of hydrogen-bond acceptors (Lipinski definition) is 6. The molecule has 3 aromatic rings. The average molecular weight is 451 g/mol. The Balaban J connectivity index is 1.15. The molecule has 3 atom stereocenters. The quantitative estimate of drug-likeness (QED) is 0.539. The molecule has 5 rings (SSSR count). The largest absolute Gasteiger partial charge is 0.431 e. The summed E-state index contributed by atoms with van der Waals surface area (Å²) in [5, 5.41) is 0.622. The number of ether oxygens (including phenoxy) is 1. The molecule has 32 heavy (non-hydrogen) atoms. The van der Waals surface area contributed by atoms with Gasteiger partial charge in [0.25, 0.3) is 5.19 Å². The highest BCUT2D eigenvalue weighted by molar-refractivity contribution is 7.20. The molecule has 0 aliphatic carbocycles. The fourth-order valence-electron chi connectivity index (χ4n) is 5.28. The zero-order valence-electron chi connectivity index (χ0n) is 19.0. The van der Waals surface area contributed by atoms with Gasteiger partial charge in [0, 0.05) is 37.8 Å². The van der Waals surface area contributed by atoms with Crippen molar-refractivity contribution >= 4 is 27.6 Å². The van der Waals surface area contributed by atoms with Crippen LogP contribution in [0.4, 0.5) is 0 Å². The molecular weight excluding hydrogens is 420 g/mol. The van der Waals surface area contributed by atoms with Gasteiger partial charge in [0.05, 0.1) is 4.70 Å². The van der Waals surface area contributed by atoms with Gasteiger partial charge in [-0.15, -0.1) is 0 Å². The highest BCUT2D eigenvalue weighted by Gasteiger charge is 2.42. The van der Waals surface area contributed by atoms with Crippen LogP contribution in [0, 0.1) is 6.92 Å². The van der Waals surface area contributed by atoms with Crippen molar-refractivity contribution in [3.63, 3.8) is 0 Å². The Morgan fingerprint density at radius 1 is 1.22 bits per heavy atom. The Labute approximate surface area is 193 Å². The number of carbonyl (C=O) groups excluding carboxylic acids is 1. The van der Waals surface area contributed by atoms with Gasteiger partial charge < -0.3 is 14.5 Å². The normalized spacial score (nSPS) is 22.6. The molecule has 168 valence electrons. The van der Waals surface area contributed by atoms with Crippen LogP contribution in [0.15, 0.2) is 36.5 Å². The summed E-state index contributed by atoms with van der Waals surface area (Å²) in [6.07, 6.45) is 7.38. The molecule has 2 aliphatic heterocycles. The third-order valence-corrected chi connectivity index (χ3v) is 7.81. The van der Waals surface area contributed by atoms with Crippen molar-refractivity contribution in [3.05, 3.63) is 47.7 Å². The Kier molecular flexibility index (Phi) is 5.86. The highest BCUT2D eigenvalue weighted by atomic mass is 32.1. The summed E-state index contributed by atoms with van der Waals surface area (Å²) in [6, 6.07) is 11.9. The first kappa shape index (κ1) is 21.3. The first-order chi connectivity index (χ1) is 15.5. The van der Waals surface area contributed by atoms with Gasteiger partial charge >= 0.3 is 0 Å². The van der Waals surface area contributed by atoms with E-state index < -0.39 is 0 Å². The highest BCUT2D eigenvalue weighted by Crippen LogP contribution is 2.37. The molecule has 0 spiro atoms. The molecule has 2 aliphatic rings. The van der Waals surface area contributed by atoms with Crippen LogP contribution < -0.4 is 4.74 Å². The number of fused-ring (bicyclic) bond motifs is 3. The molecule has 0 unspecified atom stereocenters. The van der Waals surface area contributed by atoms with E-state index in [-0.39, 0.29) is 5.91 Å². The predicted molar refractivity (Wildman–Crippen MR) is 127 cm³/mol. The second-order valence-corrected chi connectivity index (χ2v) is 10.2. The summed E-state index contributed by atoms with van der Waals surface area (Å²) in [5.74, 6) is 1.05. The van der Waals surface area contributed by atoms with E-state index in [0.717, 1.165) is 47.5 Å². The lowest BCUT2D eigenvalue weighted by Gasteiger charge is -2.42. The number of benzene rings is 1. The molecule has 2 saturated heterocycles. The van der Waals surface area contributed by atoms with Crippen molar-refractivity contribution in [1.82, 2.24) is 19.8 Å². The van der Waals surface area contributed by atoms with E-state index in [1.165, 1.54) is 29.7 Å². The second-order valence-electron chi connectivity index (χ2n) is 9.23. The fourth-order valence-corrected chi connectivity index (χ4v) is 6.17. The number of pyridine rings is 1. The Morgan fingerprint density at radius 2 is 1.94 bits per heavy atom. The first-order valence-electron chi connectivity index (χ1n) is 11.5. The molecule has 2 fully saturated rings. The molecule has 2 bridgehead atoms. The monoisotopic (exact) mass is 450 g/mol. The number of rotatable bonds is 6. The van der Waals surface area contributed by atoms with Crippen LogP contribution in [-0.4, -0.2) is 57.4 Å². The van der Waals surface area contributed by atoms with Gasteiger partial charge in [0.15, 0.2) is 5.65 Å². The molecule has 2 aromatic heterocycles. The third-order valence-electron chi connectivity index (χ3n) is 6.94. The molecule has 4 heterocycles. The Bertz CT molecular complexity index is 1100. The maximum absolute atomic E-state index is 11.9. The van der Waals surface area contributed by atoms with E-state index in [4.69, 9.17) is 4.74 Å². The van der Waals surface area contributed by atoms with Crippen molar-refractivity contribution in [3.8, 4) is 10.9 Å². The van der Waals surface area contributed by atoms with Crippen molar-refractivity contribution in [2.45, 2.75) is 64.1 Å². The Hall–Kier alpha value is -2.51. The topological polar surface area (TPSA) is 58.6 Å². The zero-order chi connectivity index (χ0) is 22.2. The van der Waals surface area contributed by atoms with Gasteiger partial charge in [0.1, 0.15) is 5.75 Å². The number of amides is 1. The second kappa shape index (κ2) is 8.79. The third kappa shape index (κ3) is 4.36. The number of aromatic nitrogens is 2. The van der Waals surface area contributed by atoms with Crippen molar-refractivity contribution in [2.75, 3.05) is 13.6 Å². The Morgan fingerprint density at radius 3 is 2.62 bits per heavy atom. The first-order valence-corrected chi connectivity index (χ1v) is 12.3. The summed E-state index contributed by atoms with van der Waals surface area (Å²) in [6.45, 7) is 4.77. The lowest BCUT2D eigenvalue weighted by Crippen LogP contribution is -2.51. The predicted octanol–water partition coefficient (Wildman–Crippen LogP) is 4.81. The zero-order valence-corrected chi connectivity index (χ0v) is 19.8. The maximum atomic E-state index is 11.9. The summed E-state index contributed by atoms with van der Waals surface area (Å²) in [7, 11) is 2.23. The van der Waals surface area contributed by atoms with E-state index >= 15 is 0 Å². The van der Waals surface area contributed by atoms with Crippen LogP contribution in [0.2, 0.25) is 0 Å². The van der Waals surface area contributed by atoms with Crippen LogP contribution in [0.25, 0.3) is 10.3 Å². The van der Waals surface area contributed by atoms with E-state index in [2.05, 4.69) is 45.0 Å². The molecule has 6 nitrogen and oxygen atoms in total. The standard InChI is InChI=1S/C25H30N4O2S/c1-16-12-23-24(26-15-16)27-25(32-23)31-22-8-4-18(5-9-22)10-11-28(3)21-13-19-6-7-20(14-21)29(19)17(2)30/h4-5,8-9,12,15,19-21H,6-7,10-11,13-14H2,1-3H3/t19-,20+,21-. The van der Waals surface area contributed by atoms with Crippen molar-refractivity contribution in [1.29, 1.82) is 0 Å². The van der Waals surface area contributed by atoms with E-state index in [9.17, 15) is 4.79 Å². The number of aryl methyl sites for hydroxylation is 1. The lowest BCUT2D eigenvalue weighted by atomic mass is 9.95. The van der Waals surface area contributed by atoms with Crippen LogP contribution in [-0.2, 0) is 11.2 Å². The maximum Gasteiger partial charge on any atom is 0.281 e. The molecule has 0 radical (unpaired) electrons. The summed E-state index contributed by atoms with van der Waals surface area (Å²) in [5.41, 5.74) is 3.16. The molecule has 0 N–H and O–H groups in total. The van der Waals surface area contributed by atoms with Crippen molar-refractivity contribution < 1.29 is 9.53 Å². The van der Waals surface area contributed by atoms with E-state index in [0.29, 0.717) is 23.3 Å². The number of carbonyl (C=O) groups is 1. The van der Waals surface area contributed by atoms with Gasteiger partial charge in [0.2, 0.25) is 5.91 Å². The minimum atomic E-state index is 0.248. The SMILES string of the molecule is CC(=O)N1[C@@H]2CC[C@H]1C[C@H](N(C)CCc1ccc(Oc3nc4ncc(C)cc4s3)cc1)C2. The number of thiazole rings is 1. The summed E-state index contributed by atoms with van der Waals surface area (Å²) in [4.78, 5) is 25.4.